The first-order chi connectivity index (χ1) is 10.1. The normalized spacial score (nSPS) is 10.9. The summed E-state index contributed by atoms with van der Waals surface area (Å²) in [7, 11) is 0. The van der Waals surface area contributed by atoms with Gasteiger partial charge in [0.15, 0.2) is 0 Å². The average molecular weight is 308 g/mol. The van der Waals surface area contributed by atoms with Crippen molar-refractivity contribution in [1.29, 1.82) is 0 Å². The first-order valence-corrected chi connectivity index (χ1v) is 7.32. The van der Waals surface area contributed by atoms with Crippen LogP contribution in [-0.2, 0) is 13.2 Å². The molecule has 0 saturated heterocycles. The van der Waals surface area contributed by atoms with E-state index in [2.05, 4.69) is 19.2 Å². The fourth-order valence-electron chi connectivity index (χ4n) is 1.92. The molecule has 0 heterocycles. The molecule has 112 valence electrons. The number of ether oxygens (including phenoxy) is 1. The van der Waals surface area contributed by atoms with Crippen LogP contribution in [0, 0.1) is 5.82 Å². The van der Waals surface area contributed by atoms with E-state index in [4.69, 9.17) is 16.3 Å². The van der Waals surface area contributed by atoms with Crippen molar-refractivity contribution in [2.75, 3.05) is 0 Å². The molecule has 0 aliphatic heterocycles. The maximum atomic E-state index is 13.7. The molecule has 0 bridgehead atoms. The van der Waals surface area contributed by atoms with E-state index >= 15 is 0 Å². The van der Waals surface area contributed by atoms with Crippen LogP contribution in [0.4, 0.5) is 4.39 Å². The van der Waals surface area contributed by atoms with Crippen molar-refractivity contribution in [3.63, 3.8) is 0 Å². The summed E-state index contributed by atoms with van der Waals surface area (Å²) in [4.78, 5) is 0. The van der Waals surface area contributed by atoms with Crippen LogP contribution in [0.5, 0.6) is 5.75 Å². The van der Waals surface area contributed by atoms with Crippen LogP contribution in [0.15, 0.2) is 42.5 Å². The van der Waals surface area contributed by atoms with Crippen molar-refractivity contribution >= 4 is 11.6 Å². The fourth-order valence-corrected chi connectivity index (χ4v) is 2.14. The first kappa shape index (κ1) is 15.8. The second-order valence-corrected chi connectivity index (χ2v) is 5.54. The zero-order chi connectivity index (χ0) is 15.2. The van der Waals surface area contributed by atoms with Crippen LogP contribution in [0.1, 0.15) is 25.0 Å². The van der Waals surface area contributed by atoms with E-state index in [0.717, 1.165) is 11.3 Å². The summed E-state index contributed by atoms with van der Waals surface area (Å²) in [5, 5.41) is 3.73. The zero-order valence-corrected chi connectivity index (χ0v) is 13.0. The lowest BCUT2D eigenvalue weighted by Crippen LogP contribution is -2.22. The summed E-state index contributed by atoms with van der Waals surface area (Å²) in [6.45, 7) is 4.99. The highest BCUT2D eigenvalue weighted by atomic mass is 35.5. The highest BCUT2D eigenvalue weighted by Crippen LogP contribution is 2.23. The highest BCUT2D eigenvalue weighted by molar-refractivity contribution is 6.31. The minimum atomic E-state index is -0.347. The molecule has 0 radical (unpaired) electrons. The molecular formula is C17H19ClFNO. The molecule has 0 unspecified atom stereocenters. The maximum absolute atomic E-state index is 13.7. The van der Waals surface area contributed by atoms with Crippen molar-refractivity contribution in [3.05, 3.63) is 64.4 Å². The number of para-hydroxylation sites is 1. The Hall–Kier alpha value is -1.58. The lowest BCUT2D eigenvalue weighted by molar-refractivity contribution is 0.295. The number of nitrogens with one attached hydrogen (secondary N) is 1. The smallest absolute Gasteiger partial charge is 0.131 e. The molecule has 1 N–H and O–H groups in total. The molecule has 2 nitrogen and oxygen atoms in total. The Morgan fingerprint density at radius 1 is 1.14 bits per heavy atom. The molecule has 0 aliphatic rings. The van der Waals surface area contributed by atoms with Crippen molar-refractivity contribution in [3.8, 4) is 5.75 Å². The third-order valence-electron chi connectivity index (χ3n) is 3.11. The van der Waals surface area contributed by atoms with Gasteiger partial charge in [0.05, 0.1) is 5.02 Å². The van der Waals surface area contributed by atoms with Crippen LogP contribution in [0.3, 0.4) is 0 Å². The summed E-state index contributed by atoms with van der Waals surface area (Å²) in [5.74, 6) is 0.394. The Morgan fingerprint density at radius 3 is 2.62 bits per heavy atom. The molecule has 0 fully saturated rings. The van der Waals surface area contributed by atoms with E-state index in [1.807, 2.05) is 24.3 Å². The third kappa shape index (κ3) is 4.45. The van der Waals surface area contributed by atoms with Gasteiger partial charge in [-0.15, -0.1) is 0 Å². The number of halogens is 2. The van der Waals surface area contributed by atoms with Gasteiger partial charge in [0, 0.05) is 23.7 Å². The zero-order valence-electron chi connectivity index (χ0n) is 12.2. The number of hydrogen-bond donors (Lipinski definition) is 1. The molecule has 2 rings (SSSR count). The van der Waals surface area contributed by atoms with Crippen molar-refractivity contribution in [2.45, 2.75) is 33.0 Å². The molecular weight excluding hydrogens is 289 g/mol. The minimum absolute atomic E-state index is 0.115. The van der Waals surface area contributed by atoms with Gasteiger partial charge >= 0.3 is 0 Å². The van der Waals surface area contributed by atoms with Crippen LogP contribution >= 0.6 is 11.6 Å². The van der Waals surface area contributed by atoms with Crippen molar-refractivity contribution < 1.29 is 9.13 Å². The van der Waals surface area contributed by atoms with Crippen LogP contribution in [0.2, 0.25) is 5.02 Å². The molecule has 2 aromatic rings. The predicted molar refractivity (Wildman–Crippen MR) is 84.2 cm³/mol. The van der Waals surface area contributed by atoms with Gasteiger partial charge in [-0.05, 0) is 18.2 Å². The van der Waals surface area contributed by atoms with Gasteiger partial charge in [-0.2, -0.15) is 0 Å². The van der Waals surface area contributed by atoms with Gasteiger partial charge in [-0.3, -0.25) is 0 Å². The van der Waals surface area contributed by atoms with E-state index in [-0.39, 0.29) is 12.4 Å². The lowest BCUT2D eigenvalue weighted by atomic mass is 10.2. The van der Waals surface area contributed by atoms with Crippen LogP contribution in [0.25, 0.3) is 0 Å². The molecule has 0 aliphatic carbocycles. The highest BCUT2D eigenvalue weighted by Gasteiger charge is 2.09. The largest absolute Gasteiger partial charge is 0.488 e. The van der Waals surface area contributed by atoms with Gasteiger partial charge in [0.1, 0.15) is 18.2 Å². The third-order valence-corrected chi connectivity index (χ3v) is 3.46. The van der Waals surface area contributed by atoms with E-state index in [9.17, 15) is 4.39 Å². The summed E-state index contributed by atoms with van der Waals surface area (Å²) in [6, 6.07) is 12.8. The maximum Gasteiger partial charge on any atom is 0.131 e. The van der Waals surface area contributed by atoms with Gasteiger partial charge in [-0.1, -0.05) is 49.7 Å². The lowest BCUT2D eigenvalue weighted by Gasteiger charge is -2.14. The number of rotatable bonds is 6. The van der Waals surface area contributed by atoms with E-state index in [1.54, 1.807) is 12.1 Å². The molecule has 0 aromatic heterocycles. The topological polar surface area (TPSA) is 21.3 Å². The number of hydrogen-bond acceptors (Lipinski definition) is 2. The summed E-state index contributed by atoms with van der Waals surface area (Å²) < 4.78 is 19.5. The van der Waals surface area contributed by atoms with E-state index < -0.39 is 0 Å². The van der Waals surface area contributed by atoms with Crippen molar-refractivity contribution in [2.24, 2.45) is 0 Å². The fraction of sp³-hybridized carbons (Fsp3) is 0.294. The van der Waals surface area contributed by atoms with E-state index in [1.165, 1.54) is 6.07 Å². The molecule has 0 spiro atoms. The van der Waals surface area contributed by atoms with Crippen molar-refractivity contribution in [1.82, 2.24) is 5.32 Å². The minimum Gasteiger partial charge on any atom is -0.488 e. The van der Waals surface area contributed by atoms with Crippen LogP contribution < -0.4 is 10.1 Å². The Kier molecular flexibility index (Phi) is 5.59. The van der Waals surface area contributed by atoms with Crippen LogP contribution in [-0.4, -0.2) is 6.04 Å². The van der Waals surface area contributed by atoms with Gasteiger partial charge in [0.2, 0.25) is 0 Å². The molecule has 2 aromatic carbocycles. The number of benzene rings is 2. The van der Waals surface area contributed by atoms with Gasteiger partial charge in [-0.25, -0.2) is 4.39 Å². The Bertz CT molecular complexity index is 581. The predicted octanol–water partition coefficient (Wildman–Crippen LogP) is 4.56. The molecule has 0 atom stereocenters. The second kappa shape index (κ2) is 7.43. The molecule has 0 amide bonds. The summed E-state index contributed by atoms with van der Waals surface area (Å²) in [6.07, 6.45) is 0. The standard InChI is InChI=1S/C17H19ClFNO/c1-12(2)20-10-13-6-3-4-9-17(13)21-11-14-15(18)7-5-8-16(14)19/h3-9,12,20H,10-11H2,1-2H3. The average Bonchev–Trinajstić information content (AvgIpc) is 2.45. The van der Waals surface area contributed by atoms with Gasteiger partial charge < -0.3 is 10.1 Å². The molecule has 4 heteroatoms. The Morgan fingerprint density at radius 2 is 1.90 bits per heavy atom. The quantitative estimate of drug-likeness (QED) is 0.845. The van der Waals surface area contributed by atoms with E-state index in [0.29, 0.717) is 23.2 Å². The SMILES string of the molecule is CC(C)NCc1ccccc1OCc1c(F)cccc1Cl. The Labute approximate surface area is 129 Å². The van der Waals surface area contributed by atoms with Gasteiger partial charge in [0.25, 0.3) is 0 Å². The second-order valence-electron chi connectivity index (χ2n) is 5.13. The Balaban J connectivity index is 2.09. The first-order valence-electron chi connectivity index (χ1n) is 6.95. The molecule has 0 saturated carbocycles. The molecule has 21 heavy (non-hydrogen) atoms. The monoisotopic (exact) mass is 307 g/mol. The summed E-state index contributed by atoms with van der Waals surface area (Å²) in [5.41, 5.74) is 1.42. The summed E-state index contributed by atoms with van der Waals surface area (Å²) >= 11 is 6.01.